The van der Waals surface area contributed by atoms with Crippen LogP contribution >= 0.6 is 0 Å². The lowest BCUT2D eigenvalue weighted by Crippen LogP contribution is -2.04. The molecule has 0 spiro atoms. The van der Waals surface area contributed by atoms with E-state index in [-0.39, 0.29) is 16.8 Å². The molecule has 0 unspecified atom stereocenters. The maximum absolute atomic E-state index is 12.2. The van der Waals surface area contributed by atoms with Crippen molar-refractivity contribution in [2.24, 2.45) is 0 Å². The van der Waals surface area contributed by atoms with Gasteiger partial charge in [-0.25, -0.2) is 4.98 Å². The molecule has 0 atom stereocenters. The van der Waals surface area contributed by atoms with Crippen LogP contribution < -0.4 is 0 Å². The van der Waals surface area contributed by atoms with E-state index in [1.54, 1.807) is 0 Å². The summed E-state index contributed by atoms with van der Waals surface area (Å²) in [5, 5.41) is 9.07. The molecule has 0 fully saturated rings. The molecule has 14 heavy (non-hydrogen) atoms. The molecule has 1 N–H and O–H groups in total. The summed E-state index contributed by atoms with van der Waals surface area (Å²) in [7, 11) is 0. The maximum Gasteiger partial charge on any atom is 0.418 e. The highest BCUT2D eigenvalue weighted by Crippen LogP contribution is 2.32. The normalized spacial score (nSPS) is 12.2. The van der Waals surface area contributed by atoms with Gasteiger partial charge in [0, 0.05) is 6.20 Å². The molecule has 0 aliphatic heterocycles. The average molecular weight is 203 g/mol. The van der Waals surface area contributed by atoms with E-state index in [0.717, 1.165) is 12.3 Å². The monoisotopic (exact) mass is 203 g/mol. The highest BCUT2D eigenvalue weighted by atomic mass is 19.4. The van der Waals surface area contributed by atoms with Crippen LogP contribution in [0.25, 0.3) is 11.1 Å². The lowest BCUT2D eigenvalue weighted by Gasteiger charge is -2.04. The van der Waals surface area contributed by atoms with Crippen molar-refractivity contribution in [3.8, 4) is 5.75 Å². The Bertz CT molecular complexity index is 475. The van der Waals surface area contributed by atoms with Crippen molar-refractivity contribution < 1.29 is 22.7 Å². The van der Waals surface area contributed by atoms with Crippen molar-refractivity contribution in [2.75, 3.05) is 0 Å². The van der Waals surface area contributed by atoms with Crippen LogP contribution in [-0.4, -0.2) is 10.1 Å². The van der Waals surface area contributed by atoms with Crippen LogP contribution in [-0.2, 0) is 6.18 Å². The third-order valence-electron chi connectivity index (χ3n) is 1.72. The summed E-state index contributed by atoms with van der Waals surface area (Å²) >= 11 is 0. The van der Waals surface area contributed by atoms with Gasteiger partial charge in [0.1, 0.15) is 6.26 Å². The molecule has 0 aliphatic carbocycles. The maximum atomic E-state index is 12.2. The Morgan fingerprint density at radius 1 is 1.36 bits per heavy atom. The number of halogens is 3. The molecular formula is C8H4F3NO2. The first-order chi connectivity index (χ1) is 6.48. The molecule has 2 aromatic heterocycles. The Labute approximate surface area is 75.8 Å². The molecule has 0 radical (unpaired) electrons. The Morgan fingerprint density at radius 3 is 2.71 bits per heavy atom. The molecule has 2 heterocycles. The van der Waals surface area contributed by atoms with E-state index in [1.807, 2.05) is 0 Å². The molecule has 2 rings (SSSR count). The smallest absolute Gasteiger partial charge is 0.418 e. The molecule has 0 aliphatic rings. The molecule has 74 valence electrons. The van der Waals surface area contributed by atoms with Crippen LogP contribution in [0.3, 0.4) is 0 Å². The fraction of sp³-hybridized carbons (Fsp3) is 0.125. The lowest BCUT2D eigenvalue weighted by atomic mass is 10.2. The van der Waals surface area contributed by atoms with Crippen LogP contribution in [0.15, 0.2) is 22.9 Å². The first kappa shape index (κ1) is 8.86. The molecule has 0 amide bonds. The molecular weight excluding hydrogens is 199 g/mol. The molecule has 6 heteroatoms. The Hall–Kier alpha value is -1.72. The quantitative estimate of drug-likeness (QED) is 0.715. The van der Waals surface area contributed by atoms with Gasteiger partial charge in [-0.1, -0.05) is 0 Å². The van der Waals surface area contributed by atoms with Crippen LogP contribution in [0.1, 0.15) is 5.56 Å². The number of aromatic nitrogens is 1. The summed E-state index contributed by atoms with van der Waals surface area (Å²) in [6.07, 6.45) is -2.86. The number of hydrogen-bond acceptors (Lipinski definition) is 3. The van der Waals surface area contributed by atoms with Gasteiger partial charge in [0.2, 0.25) is 0 Å². The average Bonchev–Trinajstić information content (AvgIpc) is 2.46. The molecule has 0 bridgehead atoms. The number of nitrogens with zero attached hydrogens (tertiary/aromatic N) is 1. The first-order valence-corrected chi connectivity index (χ1v) is 3.62. The number of furan rings is 1. The van der Waals surface area contributed by atoms with Crippen molar-refractivity contribution in [3.63, 3.8) is 0 Å². The van der Waals surface area contributed by atoms with Gasteiger partial charge in [0.15, 0.2) is 16.8 Å². The zero-order valence-corrected chi connectivity index (χ0v) is 6.67. The van der Waals surface area contributed by atoms with Crippen molar-refractivity contribution in [1.29, 1.82) is 0 Å². The summed E-state index contributed by atoms with van der Waals surface area (Å²) in [6.45, 7) is 0. The second-order valence-electron chi connectivity index (χ2n) is 2.69. The van der Waals surface area contributed by atoms with Gasteiger partial charge in [-0.2, -0.15) is 13.2 Å². The van der Waals surface area contributed by atoms with E-state index < -0.39 is 11.7 Å². The van der Waals surface area contributed by atoms with E-state index >= 15 is 0 Å². The minimum absolute atomic E-state index is 0.0259. The fourth-order valence-electron chi connectivity index (χ4n) is 1.06. The zero-order valence-electron chi connectivity index (χ0n) is 6.67. The van der Waals surface area contributed by atoms with E-state index in [4.69, 9.17) is 5.11 Å². The van der Waals surface area contributed by atoms with Crippen LogP contribution in [0.2, 0.25) is 0 Å². The van der Waals surface area contributed by atoms with Crippen LogP contribution in [0.4, 0.5) is 13.2 Å². The van der Waals surface area contributed by atoms with E-state index in [0.29, 0.717) is 6.20 Å². The number of rotatable bonds is 0. The zero-order chi connectivity index (χ0) is 10.3. The van der Waals surface area contributed by atoms with Crippen LogP contribution in [0.5, 0.6) is 5.75 Å². The van der Waals surface area contributed by atoms with Crippen molar-refractivity contribution >= 4 is 11.1 Å². The second-order valence-corrected chi connectivity index (χ2v) is 2.69. The highest BCUT2D eigenvalue weighted by Gasteiger charge is 2.31. The van der Waals surface area contributed by atoms with Gasteiger partial charge in [0.05, 0.1) is 5.56 Å². The van der Waals surface area contributed by atoms with Gasteiger partial charge in [-0.15, -0.1) is 0 Å². The van der Waals surface area contributed by atoms with Gasteiger partial charge < -0.3 is 9.52 Å². The largest absolute Gasteiger partial charge is 0.503 e. The molecule has 0 aromatic carbocycles. The molecule has 2 aromatic rings. The van der Waals surface area contributed by atoms with Gasteiger partial charge in [-0.3, -0.25) is 0 Å². The Morgan fingerprint density at radius 2 is 2.07 bits per heavy atom. The van der Waals surface area contributed by atoms with E-state index in [2.05, 4.69) is 9.40 Å². The minimum Gasteiger partial charge on any atom is -0.503 e. The van der Waals surface area contributed by atoms with Gasteiger partial charge >= 0.3 is 6.18 Å². The molecule has 0 saturated carbocycles. The van der Waals surface area contributed by atoms with Gasteiger partial charge in [0.25, 0.3) is 0 Å². The summed E-state index contributed by atoms with van der Waals surface area (Å²) < 4.78 is 41.2. The summed E-state index contributed by atoms with van der Waals surface area (Å²) in [5.74, 6) is -0.270. The first-order valence-electron chi connectivity index (χ1n) is 3.62. The minimum atomic E-state index is -4.45. The number of fused-ring (bicyclic) bond motifs is 1. The van der Waals surface area contributed by atoms with E-state index in [1.165, 1.54) is 0 Å². The number of hydrogen-bond donors (Lipinski definition) is 1. The topological polar surface area (TPSA) is 46.3 Å². The number of pyridine rings is 1. The standard InChI is InChI=1S/C8H4F3NO2/c9-8(10,11)4-1-6-7(12-2-4)5(13)3-14-6/h1-3,13H. The van der Waals surface area contributed by atoms with Crippen molar-refractivity contribution in [2.45, 2.75) is 6.18 Å². The van der Waals surface area contributed by atoms with Crippen molar-refractivity contribution in [3.05, 3.63) is 24.1 Å². The third kappa shape index (κ3) is 1.28. The summed E-state index contributed by atoms with van der Waals surface area (Å²) in [6, 6.07) is 0.794. The van der Waals surface area contributed by atoms with Crippen LogP contribution in [0, 0.1) is 0 Å². The number of alkyl halides is 3. The Kier molecular flexibility index (Phi) is 1.67. The SMILES string of the molecule is Oc1coc2cc(C(F)(F)F)cnc12. The molecule has 0 saturated heterocycles. The van der Waals surface area contributed by atoms with E-state index in [9.17, 15) is 13.2 Å². The highest BCUT2D eigenvalue weighted by molar-refractivity contribution is 5.79. The lowest BCUT2D eigenvalue weighted by molar-refractivity contribution is -0.137. The predicted octanol–water partition coefficient (Wildman–Crippen LogP) is 2.55. The third-order valence-corrected chi connectivity index (χ3v) is 1.72. The Balaban J connectivity index is 2.63. The number of aromatic hydroxyl groups is 1. The fourth-order valence-corrected chi connectivity index (χ4v) is 1.06. The van der Waals surface area contributed by atoms with Crippen molar-refractivity contribution in [1.82, 2.24) is 4.98 Å². The van der Waals surface area contributed by atoms with Gasteiger partial charge in [-0.05, 0) is 6.07 Å². The summed E-state index contributed by atoms with van der Waals surface area (Å²) in [5.41, 5.74) is -0.963. The molecule has 3 nitrogen and oxygen atoms in total. The summed E-state index contributed by atoms with van der Waals surface area (Å²) in [4.78, 5) is 3.44. The predicted molar refractivity (Wildman–Crippen MR) is 40.7 cm³/mol. The second kappa shape index (κ2) is 2.63.